The molecule has 0 aromatic carbocycles. The molecule has 2 N–H and O–H groups in total. The normalized spacial score (nSPS) is 10.9. The largest absolute Gasteiger partial charge is 0.466 e. The van der Waals surface area contributed by atoms with Crippen LogP contribution in [0.2, 0.25) is 0 Å². The van der Waals surface area contributed by atoms with E-state index in [2.05, 4.69) is 6.92 Å². The Bertz CT molecular complexity index is 244. The minimum absolute atomic E-state index is 0.0141. The van der Waals surface area contributed by atoms with Crippen molar-refractivity contribution in [3.05, 3.63) is 0 Å². The third kappa shape index (κ3) is 19.4. The Morgan fingerprint density at radius 1 is 0.696 bits per heavy atom. The van der Waals surface area contributed by atoms with Gasteiger partial charge in [-0.15, -0.1) is 0 Å². The van der Waals surface area contributed by atoms with Crippen LogP contribution in [0.3, 0.4) is 0 Å². The standard InChI is InChI=1S/C20H41NO2/c1-2-3-4-5-6-7-8-9-13-16-19-23-20(22)17-14-11-10-12-15-18-21/h2-19,21H2,1H3. The summed E-state index contributed by atoms with van der Waals surface area (Å²) < 4.78 is 5.28. The van der Waals surface area contributed by atoms with Crippen LogP contribution in [-0.4, -0.2) is 19.1 Å². The summed E-state index contributed by atoms with van der Waals surface area (Å²) in [5, 5.41) is 0. The lowest BCUT2D eigenvalue weighted by molar-refractivity contribution is -0.143. The van der Waals surface area contributed by atoms with Crippen LogP contribution < -0.4 is 5.73 Å². The summed E-state index contributed by atoms with van der Waals surface area (Å²) >= 11 is 0. The predicted molar refractivity (Wildman–Crippen MR) is 99.6 cm³/mol. The third-order valence-corrected chi connectivity index (χ3v) is 4.35. The van der Waals surface area contributed by atoms with Crippen molar-refractivity contribution in [3.63, 3.8) is 0 Å². The first-order chi connectivity index (χ1) is 11.3. The Kier molecular flexibility index (Phi) is 19.0. The number of hydrogen-bond donors (Lipinski definition) is 1. The topological polar surface area (TPSA) is 52.3 Å². The first kappa shape index (κ1) is 22.4. The zero-order valence-corrected chi connectivity index (χ0v) is 15.6. The Labute approximate surface area is 144 Å². The van der Waals surface area contributed by atoms with E-state index in [9.17, 15) is 4.79 Å². The highest BCUT2D eigenvalue weighted by atomic mass is 16.5. The van der Waals surface area contributed by atoms with Crippen LogP contribution in [0.5, 0.6) is 0 Å². The van der Waals surface area contributed by atoms with Crippen molar-refractivity contribution >= 4 is 5.97 Å². The maximum absolute atomic E-state index is 11.6. The monoisotopic (exact) mass is 327 g/mol. The van der Waals surface area contributed by atoms with Crippen molar-refractivity contribution in [1.29, 1.82) is 0 Å². The molecule has 3 nitrogen and oxygen atoms in total. The van der Waals surface area contributed by atoms with E-state index < -0.39 is 0 Å². The average Bonchev–Trinajstić information content (AvgIpc) is 2.56. The molecule has 0 aliphatic heterocycles. The fourth-order valence-electron chi connectivity index (χ4n) is 2.79. The molecule has 0 aromatic rings. The number of nitrogens with two attached hydrogens (primary N) is 1. The summed E-state index contributed by atoms with van der Waals surface area (Å²) in [4.78, 5) is 11.6. The van der Waals surface area contributed by atoms with Gasteiger partial charge in [0.05, 0.1) is 6.61 Å². The van der Waals surface area contributed by atoms with Crippen LogP contribution in [-0.2, 0) is 9.53 Å². The molecule has 23 heavy (non-hydrogen) atoms. The van der Waals surface area contributed by atoms with E-state index in [4.69, 9.17) is 10.5 Å². The lowest BCUT2D eigenvalue weighted by atomic mass is 10.1. The van der Waals surface area contributed by atoms with Crippen molar-refractivity contribution < 1.29 is 9.53 Å². The number of rotatable bonds is 18. The van der Waals surface area contributed by atoms with Crippen LogP contribution in [0.25, 0.3) is 0 Å². The van der Waals surface area contributed by atoms with Gasteiger partial charge in [-0.1, -0.05) is 84.0 Å². The van der Waals surface area contributed by atoms with Crippen LogP contribution in [0, 0.1) is 0 Å². The van der Waals surface area contributed by atoms with Gasteiger partial charge in [0.25, 0.3) is 0 Å². The van der Waals surface area contributed by atoms with Gasteiger partial charge in [0.2, 0.25) is 0 Å². The quantitative estimate of drug-likeness (QED) is 0.257. The molecule has 0 aromatic heterocycles. The molecule has 0 spiro atoms. The summed E-state index contributed by atoms with van der Waals surface area (Å²) in [6, 6.07) is 0. The molecule has 0 saturated carbocycles. The van der Waals surface area contributed by atoms with Crippen molar-refractivity contribution in [2.45, 2.75) is 110 Å². The second-order valence-corrected chi connectivity index (χ2v) is 6.71. The minimum Gasteiger partial charge on any atom is -0.466 e. The Balaban J connectivity index is 3.11. The molecule has 0 radical (unpaired) electrons. The average molecular weight is 328 g/mol. The molecular formula is C20H41NO2. The molecule has 138 valence electrons. The fraction of sp³-hybridized carbons (Fsp3) is 0.950. The highest BCUT2D eigenvalue weighted by molar-refractivity contribution is 5.69. The molecule has 3 heteroatoms. The van der Waals surface area contributed by atoms with Gasteiger partial charge in [-0.25, -0.2) is 0 Å². The molecular weight excluding hydrogens is 286 g/mol. The van der Waals surface area contributed by atoms with E-state index in [1.54, 1.807) is 0 Å². The number of carbonyl (C=O) groups excluding carboxylic acids is 1. The van der Waals surface area contributed by atoms with Gasteiger partial charge in [0.1, 0.15) is 0 Å². The van der Waals surface area contributed by atoms with Gasteiger partial charge in [0.15, 0.2) is 0 Å². The highest BCUT2D eigenvalue weighted by Crippen LogP contribution is 2.11. The minimum atomic E-state index is -0.0141. The van der Waals surface area contributed by atoms with Crippen molar-refractivity contribution in [2.75, 3.05) is 13.2 Å². The van der Waals surface area contributed by atoms with Crippen LogP contribution in [0.15, 0.2) is 0 Å². The van der Waals surface area contributed by atoms with E-state index >= 15 is 0 Å². The fourth-order valence-corrected chi connectivity index (χ4v) is 2.79. The van der Waals surface area contributed by atoms with Crippen LogP contribution in [0.4, 0.5) is 0 Å². The van der Waals surface area contributed by atoms with E-state index in [0.29, 0.717) is 13.0 Å². The lowest BCUT2D eigenvalue weighted by Gasteiger charge is -2.05. The zero-order valence-electron chi connectivity index (χ0n) is 15.6. The summed E-state index contributed by atoms with van der Waals surface area (Å²) in [7, 11) is 0. The van der Waals surface area contributed by atoms with Gasteiger partial charge < -0.3 is 10.5 Å². The molecule has 0 unspecified atom stereocenters. The number of ether oxygens (including phenoxy) is 1. The van der Waals surface area contributed by atoms with Crippen molar-refractivity contribution in [3.8, 4) is 0 Å². The SMILES string of the molecule is CCCCCCCCCCCCOC(=O)CCCCCCCN. The van der Waals surface area contributed by atoms with E-state index in [1.165, 1.54) is 70.6 Å². The van der Waals surface area contributed by atoms with Crippen molar-refractivity contribution in [1.82, 2.24) is 0 Å². The second kappa shape index (κ2) is 19.5. The van der Waals surface area contributed by atoms with Gasteiger partial charge >= 0.3 is 5.97 Å². The number of carbonyl (C=O) groups is 1. The third-order valence-electron chi connectivity index (χ3n) is 4.35. The van der Waals surface area contributed by atoms with E-state index in [-0.39, 0.29) is 5.97 Å². The zero-order chi connectivity index (χ0) is 17.0. The summed E-state index contributed by atoms with van der Waals surface area (Å²) in [6.45, 7) is 3.65. The smallest absolute Gasteiger partial charge is 0.305 e. The highest BCUT2D eigenvalue weighted by Gasteiger charge is 2.02. The van der Waals surface area contributed by atoms with E-state index in [0.717, 1.165) is 32.2 Å². The maximum atomic E-state index is 11.6. The van der Waals surface area contributed by atoms with Gasteiger partial charge in [-0.2, -0.15) is 0 Å². The second-order valence-electron chi connectivity index (χ2n) is 6.71. The molecule has 0 saturated heterocycles. The molecule has 0 aliphatic rings. The van der Waals surface area contributed by atoms with Gasteiger partial charge in [0, 0.05) is 6.42 Å². The Morgan fingerprint density at radius 3 is 1.74 bits per heavy atom. The molecule has 0 atom stereocenters. The first-order valence-electron chi connectivity index (χ1n) is 10.2. The van der Waals surface area contributed by atoms with Gasteiger partial charge in [-0.3, -0.25) is 4.79 Å². The summed E-state index contributed by atoms with van der Waals surface area (Å²) in [5.41, 5.74) is 5.45. The molecule has 0 aliphatic carbocycles. The molecule has 0 heterocycles. The number of hydrogen-bond acceptors (Lipinski definition) is 3. The first-order valence-corrected chi connectivity index (χ1v) is 10.2. The lowest BCUT2D eigenvalue weighted by Crippen LogP contribution is -2.05. The number of esters is 1. The molecule has 0 bridgehead atoms. The van der Waals surface area contributed by atoms with Crippen LogP contribution >= 0.6 is 0 Å². The van der Waals surface area contributed by atoms with Crippen molar-refractivity contribution in [2.24, 2.45) is 5.73 Å². The maximum Gasteiger partial charge on any atom is 0.305 e. The number of unbranched alkanes of at least 4 members (excludes halogenated alkanes) is 13. The summed E-state index contributed by atoms with van der Waals surface area (Å²) in [5.74, 6) is -0.0141. The predicted octanol–water partition coefficient (Wildman–Crippen LogP) is 5.75. The summed E-state index contributed by atoms with van der Waals surface area (Å²) in [6.07, 6.45) is 19.2. The Hall–Kier alpha value is -0.570. The van der Waals surface area contributed by atoms with Crippen LogP contribution in [0.1, 0.15) is 110 Å². The van der Waals surface area contributed by atoms with E-state index in [1.807, 2.05) is 0 Å². The molecule has 0 rings (SSSR count). The molecule has 0 fully saturated rings. The van der Waals surface area contributed by atoms with Gasteiger partial charge in [-0.05, 0) is 25.8 Å². The Morgan fingerprint density at radius 2 is 1.17 bits per heavy atom. The molecule has 0 amide bonds.